The first-order chi connectivity index (χ1) is 26.0. The summed E-state index contributed by atoms with van der Waals surface area (Å²) < 4.78 is 7.56. The number of carbonyl (C=O) groups excluding carboxylic acids is 4. The third kappa shape index (κ3) is 12.6. The molecular weight excluding hydrogens is 711 g/mol. The van der Waals surface area contributed by atoms with E-state index in [-0.39, 0.29) is 42.6 Å². The average Bonchev–Trinajstić information content (AvgIpc) is 3.59. The van der Waals surface area contributed by atoms with Gasteiger partial charge in [-0.05, 0) is 74.3 Å². The third-order valence-corrected chi connectivity index (χ3v) is 9.75. The van der Waals surface area contributed by atoms with Crippen molar-refractivity contribution < 1.29 is 33.8 Å². The van der Waals surface area contributed by atoms with E-state index in [0.717, 1.165) is 44.8 Å². The van der Waals surface area contributed by atoms with Crippen LogP contribution in [0.3, 0.4) is 0 Å². The number of ether oxygens (including phenoxy) is 1. The molecule has 0 spiro atoms. The first kappa shape index (κ1) is 41.8. The summed E-state index contributed by atoms with van der Waals surface area (Å²) in [6.07, 6.45) is 6.23. The molecule has 14 nitrogen and oxygen atoms in total. The Bertz CT molecular complexity index is 1690. The number of likely N-dealkylation sites (tertiary alicyclic amines) is 1. The Hall–Kier alpha value is -4.92. The number of carboxylic acid groups (broad SMARTS) is 1. The van der Waals surface area contributed by atoms with Crippen molar-refractivity contribution in [3.63, 3.8) is 0 Å². The highest BCUT2D eigenvalue weighted by Crippen LogP contribution is 2.25. The monoisotopic (exact) mass is 763 g/mol. The molecule has 1 fully saturated rings. The molecule has 0 radical (unpaired) electrons. The molecule has 0 bridgehead atoms. The summed E-state index contributed by atoms with van der Waals surface area (Å²) in [5.74, 6) is 0.775. The van der Waals surface area contributed by atoms with Crippen LogP contribution < -0.4 is 15.4 Å². The van der Waals surface area contributed by atoms with Gasteiger partial charge < -0.3 is 30.3 Å². The van der Waals surface area contributed by atoms with Crippen LogP contribution in [0.15, 0.2) is 54.6 Å². The number of nitrogens with zero attached hydrogens (tertiary/aromatic N) is 5. The summed E-state index contributed by atoms with van der Waals surface area (Å²) in [5.41, 5.74) is 1.32. The van der Waals surface area contributed by atoms with E-state index in [0.29, 0.717) is 61.2 Å². The fourth-order valence-electron chi connectivity index (χ4n) is 6.23. The van der Waals surface area contributed by atoms with Gasteiger partial charge in [0.15, 0.2) is 18.3 Å². The number of rotatable bonds is 9. The zero-order valence-electron chi connectivity index (χ0n) is 31.7. The largest absolute Gasteiger partial charge is 0.484 e. The number of nitrogens with one attached hydrogen (secondary N) is 2. The van der Waals surface area contributed by atoms with Crippen molar-refractivity contribution >= 4 is 41.4 Å². The maximum atomic E-state index is 13.9. The molecule has 2 atom stereocenters. The Kier molecular flexibility index (Phi) is 16.3. The van der Waals surface area contributed by atoms with Crippen LogP contribution in [0, 0.1) is 5.92 Å². The number of aromatic nitrogens is 3. The smallest absolute Gasteiger partial charge is 0.300 e. The molecule has 1 aromatic heterocycles. The van der Waals surface area contributed by atoms with E-state index in [1.54, 1.807) is 45.6 Å². The maximum Gasteiger partial charge on any atom is 0.300 e. The van der Waals surface area contributed by atoms with Crippen LogP contribution in [0.2, 0.25) is 0 Å². The van der Waals surface area contributed by atoms with Gasteiger partial charge in [0.1, 0.15) is 11.8 Å². The first-order valence-corrected chi connectivity index (χ1v) is 19.9. The van der Waals surface area contributed by atoms with Crippen LogP contribution in [-0.2, 0) is 25.7 Å². The molecule has 3 aromatic rings. The molecule has 54 heavy (non-hydrogen) atoms. The lowest BCUT2D eigenvalue weighted by atomic mass is 10.0. The molecule has 0 saturated carbocycles. The molecule has 3 N–H and O–H groups in total. The second-order valence-corrected chi connectivity index (χ2v) is 14.7. The van der Waals surface area contributed by atoms with Crippen LogP contribution in [0.5, 0.6) is 5.75 Å². The number of carbonyl (C=O) groups is 5. The molecule has 3 heterocycles. The zero-order chi connectivity index (χ0) is 39.0. The number of thioether (sulfide) groups is 1. The number of piperidine rings is 1. The molecule has 5 rings (SSSR count). The number of hydrogen-bond donors (Lipinski definition) is 3. The summed E-state index contributed by atoms with van der Waals surface area (Å²) in [6.45, 7) is 7.58. The van der Waals surface area contributed by atoms with Gasteiger partial charge in [0, 0.05) is 50.7 Å². The molecule has 2 aliphatic heterocycles. The Balaban J connectivity index is 0.00000155. The molecule has 15 heteroatoms. The molecule has 2 aliphatic rings. The lowest BCUT2D eigenvalue weighted by Gasteiger charge is -2.28. The van der Waals surface area contributed by atoms with E-state index in [1.165, 1.54) is 0 Å². The van der Waals surface area contributed by atoms with Gasteiger partial charge in [-0.3, -0.25) is 24.0 Å². The quantitative estimate of drug-likeness (QED) is 0.283. The number of fused-ring (bicyclic) bond motifs is 1. The summed E-state index contributed by atoms with van der Waals surface area (Å²) in [5, 5.41) is 18.4. The molecule has 4 amide bonds. The third-order valence-electron chi connectivity index (χ3n) is 9.11. The molecule has 292 valence electrons. The molecule has 1 saturated heterocycles. The standard InChI is InChI=1S/C37H49N7O5S.C2H4O2/c1-26(2)33-35-40-34(27-11-6-4-7-12-27)41-44(35)23-22-43(21-10-13-31(45)38-30(18-24-50-3)36(47)39-33)37(48)28-14-16-29(17-15-28)49-25-32(46)42-19-8-5-9-20-42;1-2(3)4/h4,6-7,11-12,14-17,26,30,33H,5,8-10,13,18-25H2,1-3H3,(H,38,45)(H,39,47);1H3,(H,3,4)/t30-,33+;/m0./s1. The van der Waals surface area contributed by atoms with E-state index >= 15 is 0 Å². The van der Waals surface area contributed by atoms with E-state index < -0.39 is 18.1 Å². The van der Waals surface area contributed by atoms with E-state index in [9.17, 15) is 19.2 Å². The Morgan fingerprint density at radius 1 is 0.907 bits per heavy atom. The predicted molar refractivity (Wildman–Crippen MR) is 207 cm³/mol. The van der Waals surface area contributed by atoms with Crippen LogP contribution in [0.25, 0.3) is 11.4 Å². The van der Waals surface area contributed by atoms with Gasteiger partial charge in [-0.2, -0.15) is 16.9 Å². The van der Waals surface area contributed by atoms with Crippen LogP contribution in [0.1, 0.15) is 81.5 Å². The van der Waals surface area contributed by atoms with Gasteiger partial charge in [0.2, 0.25) is 11.8 Å². The van der Waals surface area contributed by atoms with Gasteiger partial charge in [0.05, 0.1) is 12.6 Å². The molecule has 0 unspecified atom stereocenters. The lowest BCUT2D eigenvalue weighted by molar-refractivity contribution is -0.135. The van der Waals surface area contributed by atoms with Gasteiger partial charge >= 0.3 is 0 Å². The summed E-state index contributed by atoms with van der Waals surface area (Å²) in [4.78, 5) is 70.7. The molecular formula is C39H53N7O7S. The fraction of sp³-hybridized carbons (Fsp3) is 0.513. The number of hydrogen-bond acceptors (Lipinski definition) is 9. The van der Waals surface area contributed by atoms with Crippen molar-refractivity contribution in [3.8, 4) is 17.1 Å². The highest BCUT2D eigenvalue weighted by Gasteiger charge is 2.30. The Labute approximate surface area is 321 Å². The summed E-state index contributed by atoms with van der Waals surface area (Å²) in [6, 6.07) is 15.3. The van der Waals surface area contributed by atoms with Gasteiger partial charge in [-0.15, -0.1) is 0 Å². The van der Waals surface area contributed by atoms with E-state index in [1.807, 2.05) is 55.3 Å². The zero-order valence-corrected chi connectivity index (χ0v) is 32.5. The fourth-order valence-corrected chi connectivity index (χ4v) is 6.70. The van der Waals surface area contributed by atoms with Crippen LogP contribution in [0.4, 0.5) is 0 Å². The van der Waals surface area contributed by atoms with E-state index in [2.05, 4.69) is 10.6 Å². The van der Waals surface area contributed by atoms with Crippen molar-refractivity contribution in [2.75, 3.05) is 44.8 Å². The van der Waals surface area contributed by atoms with E-state index in [4.69, 9.17) is 24.7 Å². The Morgan fingerprint density at radius 2 is 1.57 bits per heavy atom. The van der Waals surface area contributed by atoms with Crippen molar-refractivity contribution in [1.82, 2.24) is 35.2 Å². The van der Waals surface area contributed by atoms with Gasteiger partial charge in [-0.25, -0.2) is 9.67 Å². The molecule has 0 aliphatic carbocycles. The minimum atomic E-state index is -0.833. The SMILES string of the molecule is CC(=O)O.CSCC[C@@H]1NC(=O)CCCN(C(=O)c2ccc(OCC(=O)N3CCCCC3)cc2)CCn2nc(-c3ccccc3)nc2[C@@H](C(C)C)NC1=O. The number of carboxylic acids is 1. The number of benzene rings is 2. The van der Waals surface area contributed by atoms with Crippen molar-refractivity contribution in [3.05, 3.63) is 66.0 Å². The first-order valence-electron chi connectivity index (χ1n) is 18.5. The number of amides is 4. The maximum absolute atomic E-state index is 13.9. The van der Waals surface area contributed by atoms with Gasteiger partial charge in [0.25, 0.3) is 17.8 Å². The van der Waals surface area contributed by atoms with Crippen molar-refractivity contribution in [2.24, 2.45) is 5.92 Å². The number of aliphatic carboxylic acids is 1. The second-order valence-electron chi connectivity index (χ2n) is 13.7. The lowest BCUT2D eigenvalue weighted by Crippen LogP contribution is -2.49. The van der Waals surface area contributed by atoms with Crippen LogP contribution in [-0.4, -0.2) is 110 Å². The minimum absolute atomic E-state index is 0.0301. The minimum Gasteiger partial charge on any atom is -0.484 e. The predicted octanol–water partition coefficient (Wildman–Crippen LogP) is 4.41. The van der Waals surface area contributed by atoms with Crippen molar-refractivity contribution in [2.45, 2.75) is 77.9 Å². The highest BCUT2D eigenvalue weighted by atomic mass is 32.2. The van der Waals surface area contributed by atoms with Crippen LogP contribution >= 0.6 is 11.8 Å². The second kappa shape index (κ2) is 21.1. The normalized spacial score (nSPS) is 18.3. The summed E-state index contributed by atoms with van der Waals surface area (Å²) >= 11 is 1.62. The summed E-state index contributed by atoms with van der Waals surface area (Å²) in [7, 11) is 0. The highest BCUT2D eigenvalue weighted by molar-refractivity contribution is 7.98. The molecule has 2 aromatic carbocycles. The Morgan fingerprint density at radius 3 is 2.22 bits per heavy atom. The van der Waals surface area contributed by atoms with Crippen molar-refractivity contribution in [1.29, 1.82) is 0 Å². The average molecular weight is 764 g/mol. The van der Waals surface area contributed by atoms with Gasteiger partial charge in [-0.1, -0.05) is 44.2 Å². The topological polar surface area (TPSA) is 176 Å².